The molecule has 0 aromatic carbocycles. The van der Waals surface area contributed by atoms with Crippen LogP contribution in [0, 0.1) is 0 Å². The lowest BCUT2D eigenvalue weighted by Gasteiger charge is -1.76. The predicted octanol–water partition coefficient (Wildman–Crippen LogP) is -2.63. The first kappa shape index (κ1) is 6.25. The zero-order chi connectivity index (χ0) is 3.54. The lowest BCUT2D eigenvalue weighted by atomic mass is 10.4. The molecule has 1 aliphatic heterocycles. The van der Waals surface area contributed by atoms with E-state index in [4.69, 9.17) is 0 Å². The highest BCUT2D eigenvalue weighted by Crippen LogP contribution is 1.90. The molecule has 0 amide bonds. The summed E-state index contributed by atoms with van der Waals surface area (Å²) in [5, 5.41) is 3.22. The van der Waals surface area contributed by atoms with Gasteiger partial charge in [-0.15, -0.1) is 0 Å². The first-order chi connectivity index (χ1) is 2.50. The van der Waals surface area contributed by atoms with Crippen molar-refractivity contribution in [2.45, 2.75) is 12.8 Å². The summed E-state index contributed by atoms with van der Waals surface area (Å²) in [6.07, 6.45) is 2.78. The van der Waals surface area contributed by atoms with Gasteiger partial charge in [0.25, 0.3) is 0 Å². The molecule has 1 heterocycles. The van der Waals surface area contributed by atoms with E-state index in [1.54, 1.807) is 0 Å². The molecule has 0 aromatic heterocycles. The van der Waals surface area contributed by atoms with Crippen LogP contribution in [0.3, 0.4) is 0 Å². The summed E-state index contributed by atoms with van der Waals surface area (Å²) in [6, 6.07) is 0. The smallest absolute Gasteiger partial charge is 0.00484 e. The highest BCUT2D eigenvalue weighted by Gasteiger charge is 1.93. The van der Waals surface area contributed by atoms with Crippen molar-refractivity contribution in [2.24, 2.45) is 0 Å². The van der Waals surface area contributed by atoms with Crippen molar-refractivity contribution in [3.63, 3.8) is 0 Å². The van der Waals surface area contributed by atoms with Gasteiger partial charge in [-0.25, -0.2) is 0 Å². The Kier molecular flexibility index (Phi) is 3.58. The third-order valence-electron chi connectivity index (χ3n) is 0.957. The summed E-state index contributed by atoms with van der Waals surface area (Å²) < 4.78 is 0. The van der Waals surface area contributed by atoms with E-state index in [9.17, 15) is 0 Å². The van der Waals surface area contributed by atoms with Gasteiger partial charge in [-0.05, 0) is 25.9 Å². The fraction of sp³-hybridized carbons (Fsp3) is 1.00. The lowest BCUT2D eigenvalue weighted by molar-refractivity contribution is -0.00000111. The van der Waals surface area contributed by atoms with Crippen LogP contribution in [0.2, 0.25) is 0 Å². The van der Waals surface area contributed by atoms with Crippen molar-refractivity contribution in [2.75, 3.05) is 13.1 Å². The maximum atomic E-state index is 3.22. The average Bonchev–Trinajstić information content (AvgIpc) is 1.76. The number of hydrogen-bond donors (Lipinski definition) is 1. The van der Waals surface area contributed by atoms with Crippen LogP contribution in [0.1, 0.15) is 12.8 Å². The molecular weight excluding hydrogens is 97.5 g/mol. The predicted molar refractivity (Wildman–Crippen MR) is 22.1 cm³/mol. The van der Waals surface area contributed by atoms with Crippen molar-refractivity contribution in [3.8, 4) is 0 Å². The fourth-order valence-electron chi connectivity index (χ4n) is 0.625. The molecule has 1 rings (SSSR count). The van der Waals surface area contributed by atoms with Crippen LogP contribution < -0.4 is 17.7 Å². The molecule has 1 fully saturated rings. The Hall–Kier alpha value is 0.250. The Morgan fingerprint density at radius 3 is 1.67 bits per heavy atom. The van der Waals surface area contributed by atoms with Gasteiger partial charge in [0.2, 0.25) is 0 Å². The van der Waals surface area contributed by atoms with E-state index in [1.165, 1.54) is 25.9 Å². The van der Waals surface area contributed by atoms with Crippen molar-refractivity contribution in [1.82, 2.24) is 5.32 Å². The monoisotopic (exact) mass is 106 g/mol. The minimum Gasteiger partial charge on any atom is -1.00 e. The zero-order valence-electron chi connectivity index (χ0n) is 3.71. The van der Waals surface area contributed by atoms with E-state index in [0.717, 1.165) is 0 Å². The van der Waals surface area contributed by atoms with E-state index >= 15 is 0 Å². The lowest BCUT2D eigenvalue weighted by Crippen LogP contribution is -3.00. The summed E-state index contributed by atoms with van der Waals surface area (Å²) >= 11 is 0. The normalized spacial score (nSPS) is 20.0. The molecular formula is C4H9ClN-. The molecule has 0 radical (unpaired) electrons. The second kappa shape index (κ2) is 3.44. The maximum absolute atomic E-state index is 3.22. The molecule has 1 nitrogen and oxygen atoms in total. The van der Waals surface area contributed by atoms with Crippen molar-refractivity contribution in [3.05, 3.63) is 0 Å². The Morgan fingerprint density at radius 2 is 1.50 bits per heavy atom. The van der Waals surface area contributed by atoms with E-state index in [0.29, 0.717) is 0 Å². The Bertz CT molecular complexity index is 19.1. The summed E-state index contributed by atoms with van der Waals surface area (Å²) in [4.78, 5) is 0. The van der Waals surface area contributed by atoms with Gasteiger partial charge >= 0.3 is 0 Å². The van der Waals surface area contributed by atoms with Gasteiger partial charge in [0.1, 0.15) is 0 Å². The van der Waals surface area contributed by atoms with Crippen molar-refractivity contribution in [1.29, 1.82) is 0 Å². The van der Waals surface area contributed by atoms with Gasteiger partial charge in [0, 0.05) is 0 Å². The molecule has 0 aliphatic carbocycles. The number of rotatable bonds is 0. The van der Waals surface area contributed by atoms with Gasteiger partial charge < -0.3 is 17.7 Å². The maximum Gasteiger partial charge on any atom is -0.00484 e. The molecule has 0 saturated carbocycles. The van der Waals surface area contributed by atoms with Gasteiger partial charge in [-0.2, -0.15) is 0 Å². The molecule has 38 valence electrons. The second-order valence-electron chi connectivity index (χ2n) is 1.46. The molecule has 1 saturated heterocycles. The quantitative estimate of drug-likeness (QED) is 0.357. The second-order valence-corrected chi connectivity index (χ2v) is 1.46. The Balaban J connectivity index is 0.000000250. The third kappa shape index (κ3) is 1.63. The molecule has 1 N–H and O–H groups in total. The van der Waals surface area contributed by atoms with Crippen LogP contribution in [0.25, 0.3) is 0 Å². The largest absolute Gasteiger partial charge is 1.00 e. The van der Waals surface area contributed by atoms with Crippen molar-refractivity contribution < 1.29 is 12.4 Å². The van der Waals surface area contributed by atoms with E-state index in [-0.39, 0.29) is 12.4 Å². The third-order valence-corrected chi connectivity index (χ3v) is 0.957. The van der Waals surface area contributed by atoms with E-state index < -0.39 is 0 Å². The van der Waals surface area contributed by atoms with Gasteiger partial charge in [-0.3, -0.25) is 0 Å². The topological polar surface area (TPSA) is 12.0 Å². The zero-order valence-corrected chi connectivity index (χ0v) is 4.46. The van der Waals surface area contributed by atoms with Crippen LogP contribution in [0.5, 0.6) is 0 Å². The molecule has 0 unspecified atom stereocenters. The Labute approximate surface area is 44.5 Å². The average molecular weight is 107 g/mol. The fourth-order valence-corrected chi connectivity index (χ4v) is 0.625. The highest BCUT2D eigenvalue weighted by atomic mass is 35.5. The highest BCUT2D eigenvalue weighted by molar-refractivity contribution is 4.55. The molecule has 6 heavy (non-hydrogen) atoms. The van der Waals surface area contributed by atoms with Crippen LogP contribution in [-0.2, 0) is 0 Å². The standard InChI is InChI=1S/C4H9N.ClH/c1-2-4-5-3-1;/h5H,1-4H2;1H/p-1. The van der Waals surface area contributed by atoms with Gasteiger partial charge in [-0.1, -0.05) is 0 Å². The van der Waals surface area contributed by atoms with Crippen LogP contribution in [0.4, 0.5) is 0 Å². The molecule has 0 bridgehead atoms. The van der Waals surface area contributed by atoms with Crippen molar-refractivity contribution >= 4 is 0 Å². The van der Waals surface area contributed by atoms with Crippen LogP contribution >= 0.6 is 0 Å². The molecule has 2 heteroatoms. The molecule has 0 atom stereocenters. The molecule has 0 spiro atoms. The number of halogens is 1. The SMILES string of the molecule is C1CCNC1.[Cl-]. The Morgan fingerprint density at radius 1 is 1.00 bits per heavy atom. The number of nitrogens with one attached hydrogen (secondary N) is 1. The minimum atomic E-state index is 0. The van der Waals surface area contributed by atoms with Crippen LogP contribution in [0.15, 0.2) is 0 Å². The molecule has 1 aliphatic rings. The summed E-state index contributed by atoms with van der Waals surface area (Å²) in [6.45, 7) is 2.50. The van der Waals surface area contributed by atoms with E-state index in [1.807, 2.05) is 0 Å². The van der Waals surface area contributed by atoms with Gasteiger partial charge in [0.05, 0.1) is 0 Å². The number of hydrogen-bond acceptors (Lipinski definition) is 1. The van der Waals surface area contributed by atoms with Crippen LogP contribution in [-0.4, -0.2) is 13.1 Å². The molecule has 0 aromatic rings. The summed E-state index contributed by atoms with van der Waals surface area (Å²) in [7, 11) is 0. The van der Waals surface area contributed by atoms with Gasteiger partial charge in [0.15, 0.2) is 0 Å². The minimum absolute atomic E-state index is 0. The first-order valence-electron chi connectivity index (χ1n) is 2.21. The van der Waals surface area contributed by atoms with E-state index in [2.05, 4.69) is 5.32 Å². The first-order valence-corrected chi connectivity index (χ1v) is 2.21. The summed E-state index contributed by atoms with van der Waals surface area (Å²) in [5.41, 5.74) is 0. The summed E-state index contributed by atoms with van der Waals surface area (Å²) in [5.74, 6) is 0.